The molecule has 2 aliphatic heterocycles. The van der Waals surface area contributed by atoms with Gasteiger partial charge in [-0.05, 0) is 73.2 Å². The number of rotatable bonds is 18. The predicted molar refractivity (Wildman–Crippen MR) is 299 cm³/mol. The van der Waals surface area contributed by atoms with Crippen molar-refractivity contribution >= 4 is 41.7 Å². The van der Waals surface area contributed by atoms with Crippen LogP contribution in [0.5, 0.6) is 0 Å². The first-order valence-corrected chi connectivity index (χ1v) is 28.2. The number of esters is 6. The first kappa shape index (κ1) is 62.1. The molecule has 5 aliphatic rings. The number of aromatic amines is 1. The normalized spacial score (nSPS) is 29.4. The van der Waals surface area contributed by atoms with E-state index in [4.69, 9.17) is 37.9 Å². The van der Waals surface area contributed by atoms with Crippen molar-refractivity contribution < 1.29 is 81.7 Å². The smallest absolute Gasteiger partial charge is 0.338 e. The van der Waals surface area contributed by atoms with Gasteiger partial charge >= 0.3 is 41.5 Å². The number of nitrogens with zero attached hydrogens (tertiary/aromatic N) is 4. The van der Waals surface area contributed by atoms with Crippen molar-refractivity contribution in [2.24, 2.45) is 21.9 Å². The zero-order valence-corrected chi connectivity index (χ0v) is 48.4. The zero-order chi connectivity index (χ0) is 62.0. The number of aliphatic hydroxyl groups excluding tert-OH is 1. The molecule has 2 bridgehead atoms. The summed E-state index contributed by atoms with van der Waals surface area (Å²) in [6.07, 6.45) is -12.2. The number of ether oxygens (including phenoxy) is 8. The standard InChI is InChI=1S/C61H68N6O19/c1-32-29-67(57(77)64-53(32)73)43-27-39(65-66-62)41(82-43)30-79-44(70)23-24-45(71)84-51-49(81-34(3)68)46-33(2)40(83-56(76)48(72)47(36-17-11-8-12-18-36)63-54(74)37-19-13-9-14-20-37)28-61(78,58(46,5)6)52(85-55(75)38-21-15-10-16-22-38)50-59(51,7)26-25-42-60(50,31-80-42)86-35(4)69/h8-22,29,39-43,47-52,72,78H,23-28,30-31H2,1-7H3,(H,63,74)(H,64,73,77)/t39-,40-,41+,42+,43+,47-,48+,49+,50-,51-,52-,59+,60-,61+/m0/s1. The Morgan fingerprint density at radius 2 is 1.49 bits per heavy atom. The minimum absolute atomic E-state index is 0.0188. The van der Waals surface area contributed by atoms with Gasteiger partial charge < -0.3 is 53.4 Å². The summed E-state index contributed by atoms with van der Waals surface area (Å²) in [4.78, 5) is 129. The number of carbonyl (C=O) groups excluding carboxylic acids is 7. The van der Waals surface area contributed by atoms with E-state index < -0.39 is 168 Å². The number of fused-ring (bicyclic) bond motifs is 5. The van der Waals surface area contributed by atoms with Crippen molar-refractivity contribution in [3.63, 3.8) is 0 Å². The van der Waals surface area contributed by atoms with Gasteiger partial charge in [0.25, 0.3) is 11.5 Å². The number of benzene rings is 3. The van der Waals surface area contributed by atoms with Gasteiger partial charge in [0.1, 0.15) is 49.0 Å². The van der Waals surface area contributed by atoms with Crippen LogP contribution in [-0.4, -0.2) is 135 Å². The third-order valence-electron chi connectivity index (χ3n) is 17.6. The maximum absolute atomic E-state index is 14.8. The second-order valence-electron chi connectivity index (χ2n) is 23.2. The van der Waals surface area contributed by atoms with Crippen LogP contribution in [0.3, 0.4) is 0 Å². The number of amides is 1. The lowest BCUT2D eigenvalue weighted by atomic mass is 9.45. The van der Waals surface area contributed by atoms with E-state index in [1.165, 1.54) is 32.2 Å². The maximum atomic E-state index is 14.8. The second kappa shape index (κ2) is 24.9. The van der Waals surface area contributed by atoms with E-state index in [2.05, 4.69) is 20.3 Å². The van der Waals surface area contributed by atoms with Gasteiger partial charge in [0.05, 0.1) is 43.0 Å². The number of hydrogen-bond acceptors (Lipinski definition) is 20. The van der Waals surface area contributed by atoms with Crippen LogP contribution in [0.25, 0.3) is 10.4 Å². The van der Waals surface area contributed by atoms with Gasteiger partial charge in [-0.25, -0.2) is 14.4 Å². The molecule has 456 valence electrons. The molecule has 0 radical (unpaired) electrons. The van der Waals surface area contributed by atoms with E-state index in [0.29, 0.717) is 5.56 Å². The molecule has 25 heteroatoms. The number of aryl methyl sites for hydroxylation is 1. The fourth-order valence-corrected chi connectivity index (χ4v) is 13.3. The highest BCUT2D eigenvalue weighted by Crippen LogP contribution is 2.66. The Morgan fingerprint density at radius 1 is 0.849 bits per heavy atom. The number of azide groups is 1. The highest BCUT2D eigenvalue weighted by molar-refractivity contribution is 5.95. The van der Waals surface area contributed by atoms with Crippen molar-refractivity contribution in [1.82, 2.24) is 14.9 Å². The third-order valence-corrected chi connectivity index (χ3v) is 17.6. The van der Waals surface area contributed by atoms with E-state index in [9.17, 15) is 58.9 Å². The second-order valence-corrected chi connectivity index (χ2v) is 23.2. The molecule has 3 heterocycles. The lowest BCUT2D eigenvalue weighted by Crippen LogP contribution is -2.80. The molecule has 3 aromatic carbocycles. The van der Waals surface area contributed by atoms with Crippen molar-refractivity contribution in [2.45, 2.75) is 159 Å². The van der Waals surface area contributed by atoms with Gasteiger partial charge in [0.15, 0.2) is 17.8 Å². The van der Waals surface area contributed by atoms with Gasteiger partial charge in [0, 0.05) is 59.8 Å². The highest BCUT2D eigenvalue weighted by atomic mass is 16.6. The topological polar surface area (TPSA) is 349 Å². The van der Waals surface area contributed by atoms with Crippen molar-refractivity contribution in [1.29, 1.82) is 0 Å². The Balaban J connectivity index is 1.10. The summed E-state index contributed by atoms with van der Waals surface area (Å²) in [5.41, 5.74) is 1.42. The number of carbonyl (C=O) groups is 7. The fraction of sp³-hybridized carbons (Fsp3) is 0.492. The van der Waals surface area contributed by atoms with Gasteiger partial charge in [-0.15, -0.1) is 0 Å². The van der Waals surface area contributed by atoms with Crippen molar-refractivity contribution in [2.75, 3.05) is 13.2 Å². The lowest BCUT2D eigenvalue weighted by molar-refractivity contribution is -0.349. The minimum Gasteiger partial charge on any atom is -0.463 e. The highest BCUT2D eigenvalue weighted by Gasteiger charge is 2.77. The Bertz CT molecular complexity index is 3480. The van der Waals surface area contributed by atoms with Crippen molar-refractivity contribution in [3.05, 3.63) is 162 Å². The molecule has 2 saturated carbocycles. The molecule has 14 atom stereocenters. The summed E-state index contributed by atoms with van der Waals surface area (Å²) in [5.74, 6) is -7.91. The average Bonchev–Trinajstić information content (AvgIpc) is 0.732. The van der Waals surface area contributed by atoms with Crippen molar-refractivity contribution in [3.8, 4) is 0 Å². The molecule has 3 aliphatic carbocycles. The summed E-state index contributed by atoms with van der Waals surface area (Å²) >= 11 is 0. The number of hydrogen-bond donors (Lipinski definition) is 4. The predicted octanol–water partition coefficient (Wildman–Crippen LogP) is 5.26. The average molecular weight is 1190 g/mol. The molecular weight excluding hydrogens is 1120 g/mol. The van der Waals surface area contributed by atoms with Crippen LogP contribution in [0.1, 0.15) is 124 Å². The van der Waals surface area contributed by atoms with E-state index in [1.807, 2.05) is 0 Å². The van der Waals surface area contributed by atoms with E-state index in [-0.39, 0.29) is 53.7 Å². The molecule has 25 nitrogen and oxygen atoms in total. The largest absolute Gasteiger partial charge is 0.463 e. The first-order chi connectivity index (χ1) is 40.8. The molecule has 4 N–H and O–H groups in total. The molecule has 2 saturated heterocycles. The van der Waals surface area contributed by atoms with Crippen LogP contribution >= 0.6 is 0 Å². The van der Waals surface area contributed by atoms with Crippen LogP contribution in [0.15, 0.2) is 123 Å². The molecular formula is C61H68N6O19. The molecule has 1 aromatic heterocycles. The minimum atomic E-state index is -2.42. The molecule has 86 heavy (non-hydrogen) atoms. The van der Waals surface area contributed by atoms with E-state index >= 15 is 0 Å². The summed E-state index contributed by atoms with van der Waals surface area (Å²) in [6.45, 7) is 9.33. The Labute approximate surface area is 492 Å². The lowest BCUT2D eigenvalue weighted by Gasteiger charge is -2.68. The van der Waals surface area contributed by atoms with Gasteiger partial charge in [-0.1, -0.05) is 92.6 Å². The van der Waals surface area contributed by atoms with Crippen LogP contribution in [0.2, 0.25) is 0 Å². The summed E-state index contributed by atoms with van der Waals surface area (Å²) in [7, 11) is 0. The Kier molecular flexibility index (Phi) is 17.9. The van der Waals surface area contributed by atoms with Crippen LogP contribution in [-0.2, 0) is 61.9 Å². The quantitative estimate of drug-likeness (QED) is 0.0246. The first-order valence-electron chi connectivity index (χ1n) is 28.2. The molecule has 9 rings (SSSR count). The third kappa shape index (κ3) is 11.9. The SMILES string of the molecule is CC(=O)O[C@@H]1C2=C(C)[C@@H](OC(=O)[C@H](O)[C@@H](NC(=O)c3ccccc3)c3ccccc3)C[C@@](O)([C@@H](OC(=O)c3ccccc3)[C@H]3[C@@](C)(CC[C@H]4OC[C@]43OC(C)=O)[C@H]1OC(=O)CCC(=O)OC[C@H]1O[C@@H](n3cc(C)c(=O)[nH]c3=O)C[C@@H]1N=[N+]=[N-])C2(C)C. The van der Waals surface area contributed by atoms with Crippen LogP contribution in [0.4, 0.5) is 0 Å². The fourth-order valence-electron chi connectivity index (χ4n) is 13.3. The monoisotopic (exact) mass is 1190 g/mol. The van der Waals surface area contributed by atoms with Crippen LogP contribution < -0.4 is 16.6 Å². The summed E-state index contributed by atoms with van der Waals surface area (Å²) in [6, 6.07) is 21.8. The van der Waals surface area contributed by atoms with Gasteiger partial charge in [-0.3, -0.25) is 38.3 Å². The van der Waals surface area contributed by atoms with Gasteiger partial charge in [-0.2, -0.15) is 0 Å². The molecule has 0 unspecified atom stereocenters. The summed E-state index contributed by atoms with van der Waals surface area (Å²) in [5, 5.41) is 32.8. The number of nitrogens with one attached hydrogen (secondary N) is 2. The molecule has 0 spiro atoms. The molecule has 4 aromatic rings. The molecule has 4 fully saturated rings. The maximum Gasteiger partial charge on any atom is 0.338 e. The number of aliphatic hydroxyl groups is 2. The van der Waals surface area contributed by atoms with Crippen LogP contribution in [0, 0.1) is 23.7 Å². The zero-order valence-electron chi connectivity index (χ0n) is 48.4. The number of H-pyrrole nitrogens is 1. The van der Waals surface area contributed by atoms with E-state index in [0.717, 1.165) is 11.5 Å². The Morgan fingerprint density at radius 3 is 2.10 bits per heavy atom. The van der Waals surface area contributed by atoms with E-state index in [1.54, 1.807) is 107 Å². The summed E-state index contributed by atoms with van der Waals surface area (Å²) < 4.78 is 50.9. The van der Waals surface area contributed by atoms with Gasteiger partial charge in [0.2, 0.25) is 0 Å². The Hall–Kier alpha value is -8.48. The number of aromatic nitrogens is 2. The molecule has 1 amide bonds.